The number of likely N-dealkylation sites (tertiary alicyclic amines) is 1. The SMILES string of the molecule is CNC1CCN(CCCN(c2cc(OC)cc(OC)c2)c2ccc3ncc(-c4cnn(C)c4)nc3c2)C1.Cl. The number of anilines is 2. The Bertz CT molecular complexity index is 1340. The van der Waals surface area contributed by atoms with Gasteiger partial charge in [0.05, 0.1) is 43.3 Å². The van der Waals surface area contributed by atoms with Crippen molar-refractivity contribution in [2.45, 2.75) is 18.9 Å². The number of nitrogens with zero attached hydrogens (tertiary/aromatic N) is 6. The molecule has 1 aliphatic rings. The smallest absolute Gasteiger partial charge is 0.124 e. The number of nitrogens with one attached hydrogen (secondary N) is 1. The molecule has 0 radical (unpaired) electrons. The Hall–Kier alpha value is -3.40. The predicted molar refractivity (Wildman–Crippen MR) is 154 cm³/mol. The van der Waals surface area contributed by atoms with E-state index in [4.69, 9.17) is 14.5 Å². The molecule has 0 amide bonds. The van der Waals surface area contributed by atoms with Crippen LogP contribution in [0.1, 0.15) is 12.8 Å². The van der Waals surface area contributed by atoms with Gasteiger partial charge in [0, 0.05) is 67.5 Å². The van der Waals surface area contributed by atoms with Crippen molar-refractivity contribution in [2.75, 3.05) is 52.3 Å². The molecule has 10 heteroatoms. The fraction of sp³-hybridized carbons (Fsp3) is 0.393. The van der Waals surface area contributed by atoms with Crippen molar-refractivity contribution in [2.24, 2.45) is 7.05 Å². The van der Waals surface area contributed by atoms with Crippen molar-refractivity contribution < 1.29 is 9.47 Å². The van der Waals surface area contributed by atoms with Crippen LogP contribution in [0.4, 0.5) is 11.4 Å². The molecule has 38 heavy (non-hydrogen) atoms. The Balaban J connectivity index is 0.00000336. The van der Waals surface area contributed by atoms with Gasteiger partial charge in [-0.2, -0.15) is 5.10 Å². The number of likely N-dealkylation sites (N-methyl/N-ethyl adjacent to an activating group) is 1. The van der Waals surface area contributed by atoms with Crippen LogP contribution in [0.3, 0.4) is 0 Å². The summed E-state index contributed by atoms with van der Waals surface area (Å²) in [6.45, 7) is 4.14. The van der Waals surface area contributed by atoms with Crippen LogP contribution in [0.15, 0.2) is 55.0 Å². The quantitative estimate of drug-likeness (QED) is 0.321. The molecule has 1 atom stereocenters. The Morgan fingerprint density at radius 1 is 1.03 bits per heavy atom. The summed E-state index contributed by atoms with van der Waals surface area (Å²) in [6, 6.07) is 12.9. The highest BCUT2D eigenvalue weighted by molar-refractivity contribution is 5.85. The number of halogens is 1. The Morgan fingerprint density at radius 3 is 2.47 bits per heavy atom. The minimum Gasteiger partial charge on any atom is -0.497 e. The number of methoxy groups -OCH3 is 2. The standard InChI is InChI=1S/C28H35N7O2.ClH/c1-29-21-8-11-34(19-21)9-5-10-35(23-12-24(36-3)15-25(13-23)37-4)22-6-7-26-27(14-22)32-28(17-30-26)20-16-31-33(2)18-20;/h6-7,12-18,21,29H,5,8-11,19H2,1-4H3;1H. The highest BCUT2D eigenvalue weighted by Gasteiger charge is 2.21. The third-order valence-electron chi connectivity index (χ3n) is 7.02. The van der Waals surface area contributed by atoms with Crippen LogP contribution in [0.5, 0.6) is 11.5 Å². The number of ether oxygens (including phenoxy) is 2. The molecule has 0 aliphatic carbocycles. The van der Waals surface area contributed by atoms with Crippen LogP contribution in [-0.4, -0.2) is 78.1 Å². The van der Waals surface area contributed by atoms with Gasteiger partial charge in [-0.1, -0.05) is 0 Å². The number of aromatic nitrogens is 4. The number of rotatable bonds is 10. The van der Waals surface area contributed by atoms with Crippen molar-refractivity contribution in [1.82, 2.24) is 30.0 Å². The minimum absolute atomic E-state index is 0. The second kappa shape index (κ2) is 12.4. The average Bonchev–Trinajstić information content (AvgIpc) is 3.59. The van der Waals surface area contributed by atoms with Gasteiger partial charge in [-0.15, -0.1) is 12.4 Å². The van der Waals surface area contributed by atoms with Crippen LogP contribution in [0.2, 0.25) is 0 Å². The summed E-state index contributed by atoms with van der Waals surface area (Å²) in [5.74, 6) is 1.52. The second-order valence-corrected chi connectivity index (χ2v) is 9.48. The Kier molecular flexibility index (Phi) is 9.04. The van der Waals surface area contributed by atoms with Crippen molar-refractivity contribution in [3.05, 3.63) is 55.0 Å². The highest BCUT2D eigenvalue weighted by atomic mass is 35.5. The average molecular weight is 538 g/mol. The van der Waals surface area contributed by atoms with E-state index in [1.54, 1.807) is 25.1 Å². The van der Waals surface area contributed by atoms with Gasteiger partial charge < -0.3 is 24.6 Å². The first kappa shape index (κ1) is 27.6. The lowest BCUT2D eigenvalue weighted by Gasteiger charge is -2.27. The molecule has 1 aliphatic heterocycles. The first-order valence-corrected chi connectivity index (χ1v) is 12.7. The van der Waals surface area contributed by atoms with E-state index in [2.05, 4.69) is 56.5 Å². The highest BCUT2D eigenvalue weighted by Crippen LogP contribution is 2.34. The fourth-order valence-corrected chi connectivity index (χ4v) is 4.94. The molecule has 4 aromatic rings. The first-order valence-electron chi connectivity index (χ1n) is 12.7. The number of hydrogen-bond acceptors (Lipinski definition) is 8. The third-order valence-corrected chi connectivity index (χ3v) is 7.02. The molecule has 0 bridgehead atoms. The van der Waals surface area contributed by atoms with E-state index < -0.39 is 0 Å². The number of fused-ring (bicyclic) bond motifs is 1. The molecule has 2 aromatic heterocycles. The molecule has 0 saturated carbocycles. The van der Waals surface area contributed by atoms with Gasteiger partial charge in [-0.25, -0.2) is 4.98 Å². The van der Waals surface area contributed by atoms with E-state index >= 15 is 0 Å². The summed E-state index contributed by atoms with van der Waals surface area (Å²) in [5, 5.41) is 7.68. The van der Waals surface area contributed by atoms with Gasteiger partial charge in [0.2, 0.25) is 0 Å². The molecule has 3 heterocycles. The van der Waals surface area contributed by atoms with Crippen molar-refractivity contribution in [1.29, 1.82) is 0 Å². The monoisotopic (exact) mass is 537 g/mol. The van der Waals surface area contributed by atoms with Crippen LogP contribution in [0.25, 0.3) is 22.3 Å². The molecule has 9 nitrogen and oxygen atoms in total. The molecule has 1 unspecified atom stereocenters. The number of benzene rings is 2. The lowest BCUT2D eigenvalue weighted by molar-refractivity contribution is 0.327. The number of aryl methyl sites for hydroxylation is 1. The first-order chi connectivity index (χ1) is 18.1. The van der Waals surface area contributed by atoms with Gasteiger partial charge in [-0.05, 0) is 51.2 Å². The van der Waals surface area contributed by atoms with Gasteiger partial charge in [0.15, 0.2) is 0 Å². The van der Waals surface area contributed by atoms with Gasteiger partial charge >= 0.3 is 0 Å². The van der Waals surface area contributed by atoms with Crippen LogP contribution in [0, 0.1) is 0 Å². The van der Waals surface area contributed by atoms with E-state index in [-0.39, 0.29) is 12.4 Å². The number of hydrogen-bond donors (Lipinski definition) is 1. The fourth-order valence-electron chi connectivity index (χ4n) is 4.94. The largest absolute Gasteiger partial charge is 0.497 e. The summed E-state index contributed by atoms with van der Waals surface area (Å²) >= 11 is 0. The maximum atomic E-state index is 5.58. The van der Waals surface area contributed by atoms with Crippen LogP contribution >= 0.6 is 12.4 Å². The molecule has 1 N–H and O–H groups in total. The summed E-state index contributed by atoms with van der Waals surface area (Å²) in [5.41, 5.74) is 5.52. The van der Waals surface area contributed by atoms with E-state index in [1.807, 2.05) is 31.6 Å². The predicted octanol–water partition coefficient (Wildman–Crippen LogP) is 4.29. The second-order valence-electron chi connectivity index (χ2n) is 9.48. The summed E-state index contributed by atoms with van der Waals surface area (Å²) in [6.07, 6.45) is 7.79. The maximum absolute atomic E-state index is 5.58. The Labute approximate surface area is 230 Å². The zero-order valence-corrected chi connectivity index (χ0v) is 23.2. The molecular formula is C28H36ClN7O2. The van der Waals surface area contributed by atoms with E-state index in [9.17, 15) is 0 Å². The molecule has 5 rings (SSSR count). The molecular weight excluding hydrogens is 502 g/mol. The van der Waals surface area contributed by atoms with E-state index in [0.29, 0.717) is 6.04 Å². The molecule has 0 spiro atoms. The zero-order chi connectivity index (χ0) is 25.8. The van der Waals surface area contributed by atoms with Gasteiger partial charge in [-0.3, -0.25) is 9.67 Å². The van der Waals surface area contributed by atoms with Crippen LogP contribution in [-0.2, 0) is 7.05 Å². The van der Waals surface area contributed by atoms with Crippen molar-refractivity contribution in [3.8, 4) is 22.8 Å². The minimum atomic E-state index is 0. The van der Waals surface area contributed by atoms with Gasteiger partial charge in [0.25, 0.3) is 0 Å². The topological polar surface area (TPSA) is 80.6 Å². The van der Waals surface area contributed by atoms with Crippen molar-refractivity contribution >= 4 is 34.8 Å². The summed E-state index contributed by atoms with van der Waals surface area (Å²) in [4.78, 5) is 14.4. The summed E-state index contributed by atoms with van der Waals surface area (Å²) in [7, 11) is 7.31. The maximum Gasteiger partial charge on any atom is 0.124 e. The molecule has 2 aromatic carbocycles. The van der Waals surface area contributed by atoms with E-state index in [1.165, 1.54) is 6.42 Å². The summed E-state index contributed by atoms with van der Waals surface area (Å²) < 4.78 is 12.9. The van der Waals surface area contributed by atoms with Crippen LogP contribution < -0.4 is 19.7 Å². The zero-order valence-electron chi connectivity index (χ0n) is 22.4. The van der Waals surface area contributed by atoms with E-state index in [0.717, 1.165) is 77.8 Å². The molecule has 202 valence electrons. The van der Waals surface area contributed by atoms with Crippen molar-refractivity contribution in [3.63, 3.8) is 0 Å². The Morgan fingerprint density at radius 2 is 1.82 bits per heavy atom. The van der Waals surface area contributed by atoms with Gasteiger partial charge in [0.1, 0.15) is 11.5 Å². The lowest BCUT2D eigenvalue weighted by Crippen LogP contribution is -2.31. The normalized spacial score (nSPS) is 15.4. The molecule has 1 saturated heterocycles. The molecule has 1 fully saturated rings. The third kappa shape index (κ3) is 6.18. The lowest BCUT2D eigenvalue weighted by atomic mass is 10.1.